The summed E-state index contributed by atoms with van der Waals surface area (Å²) in [6.07, 6.45) is 1.52. The molecule has 0 unspecified atom stereocenters. The van der Waals surface area contributed by atoms with Gasteiger partial charge < -0.3 is 10.1 Å². The average molecular weight is 390 g/mol. The number of ether oxygens (including phenoxy) is 1. The minimum Gasteiger partial charge on any atom is -0.496 e. The van der Waals surface area contributed by atoms with Crippen molar-refractivity contribution < 1.29 is 14.3 Å². The van der Waals surface area contributed by atoms with E-state index in [-0.39, 0.29) is 12.5 Å². The number of benzene rings is 2. The highest BCUT2D eigenvalue weighted by atomic mass is 79.9. The van der Waals surface area contributed by atoms with Crippen molar-refractivity contribution in [2.45, 2.75) is 0 Å². The maximum atomic E-state index is 12.0. The molecule has 2 amide bonds. The second-order valence-corrected chi connectivity index (χ2v) is 5.64. The van der Waals surface area contributed by atoms with E-state index in [2.05, 4.69) is 31.8 Å². The van der Waals surface area contributed by atoms with Crippen LogP contribution in [0.1, 0.15) is 15.9 Å². The Bertz CT molecular complexity index is 745. The topological polar surface area (TPSA) is 79.8 Å². The number of hydrogen-bond acceptors (Lipinski definition) is 4. The van der Waals surface area contributed by atoms with Gasteiger partial charge in [-0.3, -0.25) is 9.59 Å². The van der Waals surface area contributed by atoms with E-state index < -0.39 is 5.91 Å². The zero-order chi connectivity index (χ0) is 17.4. The molecule has 0 aliphatic carbocycles. The van der Waals surface area contributed by atoms with Gasteiger partial charge in [-0.2, -0.15) is 5.10 Å². The van der Waals surface area contributed by atoms with Crippen LogP contribution in [0.4, 0.5) is 0 Å². The van der Waals surface area contributed by atoms with E-state index in [1.54, 1.807) is 24.3 Å². The number of halogens is 1. The Labute approximate surface area is 148 Å². The number of hydrazone groups is 1. The van der Waals surface area contributed by atoms with Gasteiger partial charge in [0.1, 0.15) is 5.75 Å². The zero-order valence-electron chi connectivity index (χ0n) is 13.0. The van der Waals surface area contributed by atoms with Crippen LogP contribution in [-0.2, 0) is 4.79 Å². The summed E-state index contributed by atoms with van der Waals surface area (Å²) in [6, 6.07) is 14.2. The molecule has 0 spiro atoms. The maximum Gasteiger partial charge on any atom is 0.259 e. The molecule has 2 aromatic carbocycles. The monoisotopic (exact) mass is 389 g/mol. The van der Waals surface area contributed by atoms with Crippen LogP contribution in [0.2, 0.25) is 0 Å². The molecule has 0 aliphatic heterocycles. The van der Waals surface area contributed by atoms with E-state index in [1.807, 2.05) is 24.3 Å². The third-order valence-electron chi connectivity index (χ3n) is 3.03. The van der Waals surface area contributed by atoms with Gasteiger partial charge in [-0.25, -0.2) is 5.43 Å². The molecule has 0 heterocycles. The van der Waals surface area contributed by atoms with Crippen molar-refractivity contribution in [3.05, 3.63) is 64.1 Å². The summed E-state index contributed by atoms with van der Waals surface area (Å²) >= 11 is 3.34. The van der Waals surface area contributed by atoms with E-state index in [1.165, 1.54) is 13.3 Å². The highest BCUT2D eigenvalue weighted by Crippen LogP contribution is 2.16. The third kappa shape index (κ3) is 5.20. The van der Waals surface area contributed by atoms with E-state index in [9.17, 15) is 9.59 Å². The van der Waals surface area contributed by atoms with Crippen LogP contribution in [0, 0.1) is 0 Å². The summed E-state index contributed by atoms with van der Waals surface area (Å²) in [5.74, 6) is -0.366. The largest absolute Gasteiger partial charge is 0.496 e. The molecule has 2 rings (SSSR count). The smallest absolute Gasteiger partial charge is 0.259 e. The van der Waals surface area contributed by atoms with Crippen LogP contribution in [-0.4, -0.2) is 31.7 Å². The molecule has 0 saturated heterocycles. The van der Waals surface area contributed by atoms with Gasteiger partial charge in [-0.15, -0.1) is 0 Å². The fourth-order valence-corrected chi connectivity index (χ4v) is 2.12. The zero-order valence-corrected chi connectivity index (χ0v) is 14.5. The Morgan fingerprint density at radius 1 is 1.17 bits per heavy atom. The predicted octanol–water partition coefficient (Wildman–Crippen LogP) is 2.34. The summed E-state index contributed by atoms with van der Waals surface area (Å²) in [4.78, 5) is 23.7. The first-order valence-electron chi connectivity index (χ1n) is 7.09. The summed E-state index contributed by atoms with van der Waals surface area (Å²) in [5.41, 5.74) is 3.56. The van der Waals surface area contributed by atoms with Crippen LogP contribution in [0.25, 0.3) is 0 Å². The highest BCUT2D eigenvalue weighted by molar-refractivity contribution is 9.10. The lowest BCUT2D eigenvalue weighted by molar-refractivity contribution is -0.120. The number of carbonyl (C=O) groups excluding carboxylic acids is 2. The Morgan fingerprint density at radius 3 is 2.58 bits per heavy atom. The van der Waals surface area contributed by atoms with Crippen LogP contribution in [0.15, 0.2) is 58.1 Å². The molecule has 0 radical (unpaired) electrons. The fraction of sp³-hybridized carbons (Fsp3) is 0.118. The standard InChI is InChI=1S/C17H16BrN3O3/c1-24-15-5-3-2-4-14(15)17(23)19-11-16(22)21-20-10-12-6-8-13(18)9-7-12/h2-10H,11H2,1H3,(H,19,23)(H,21,22). The van der Waals surface area contributed by atoms with Gasteiger partial charge in [0, 0.05) is 4.47 Å². The molecule has 2 aromatic rings. The summed E-state index contributed by atoms with van der Waals surface area (Å²) in [6.45, 7) is -0.186. The van der Waals surface area contributed by atoms with Crippen molar-refractivity contribution >= 4 is 34.0 Å². The van der Waals surface area contributed by atoms with Gasteiger partial charge in [-0.05, 0) is 29.8 Å². The van der Waals surface area contributed by atoms with Crippen LogP contribution < -0.4 is 15.5 Å². The number of amides is 2. The number of methoxy groups -OCH3 is 1. The molecule has 0 fully saturated rings. The fourth-order valence-electron chi connectivity index (χ4n) is 1.86. The molecule has 7 heteroatoms. The molecule has 124 valence electrons. The van der Waals surface area contributed by atoms with Crippen molar-refractivity contribution in [2.24, 2.45) is 5.10 Å². The molecular formula is C17H16BrN3O3. The van der Waals surface area contributed by atoms with Gasteiger partial charge in [-0.1, -0.05) is 40.2 Å². The Hall–Kier alpha value is -2.67. The first-order valence-corrected chi connectivity index (χ1v) is 7.88. The Balaban J connectivity index is 1.82. The van der Waals surface area contributed by atoms with Gasteiger partial charge in [0.15, 0.2) is 0 Å². The number of carbonyl (C=O) groups is 2. The van der Waals surface area contributed by atoms with E-state index >= 15 is 0 Å². The van der Waals surface area contributed by atoms with Crippen LogP contribution in [0.5, 0.6) is 5.75 Å². The van der Waals surface area contributed by atoms with Gasteiger partial charge >= 0.3 is 0 Å². The van der Waals surface area contributed by atoms with Crippen molar-refractivity contribution in [3.63, 3.8) is 0 Å². The molecule has 0 aliphatic rings. The minimum absolute atomic E-state index is 0.186. The maximum absolute atomic E-state index is 12.0. The summed E-state index contributed by atoms with van der Waals surface area (Å²) in [7, 11) is 1.48. The molecule has 24 heavy (non-hydrogen) atoms. The lowest BCUT2D eigenvalue weighted by Crippen LogP contribution is -2.35. The minimum atomic E-state index is -0.424. The normalized spacial score (nSPS) is 10.4. The lowest BCUT2D eigenvalue weighted by Gasteiger charge is -2.08. The van der Waals surface area contributed by atoms with E-state index in [4.69, 9.17) is 4.74 Å². The molecule has 6 nitrogen and oxygen atoms in total. The van der Waals surface area contributed by atoms with E-state index in [0.29, 0.717) is 11.3 Å². The molecular weight excluding hydrogens is 374 g/mol. The van der Waals surface area contributed by atoms with Gasteiger partial charge in [0.25, 0.3) is 11.8 Å². The quantitative estimate of drug-likeness (QED) is 0.587. The Morgan fingerprint density at radius 2 is 1.88 bits per heavy atom. The molecule has 0 aromatic heterocycles. The Kier molecular flexibility index (Phi) is 6.51. The van der Waals surface area contributed by atoms with Crippen molar-refractivity contribution in [3.8, 4) is 5.75 Å². The summed E-state index contributed by atoms with van der Waals surface area (Å²) < 4.78 is 6.07. The number of nitrogens with one attached hydrogen (secondary N) is 2. The lowest BCUT2D eigenvalue weighted by atomic mass is 10.2. The van der Waals surface area contributed by atoms with E-state index in [0.717, 1.165) is 10.0 Å². The molecule has 2 N–H and O–H groups in total. The predicted molar refractivity (Wildman–Crippen MR) is 95.2 cm³/mol. The van der Waals surface area contributed by atoms with Crippen molar-refractivity contribution in [1.29, 1.82) is 0 Å². The first-order chi connectivity index (χ1) is 11.6. The first kappa shape index (κ1) is 17.7. The average Bonchev–Trinajstić information content (AvgIpc) is 2.61. The van der Waals surface area contributed by atoms with Crippen molar-refractivity contribution in [1.82, 2.24) is 10.7 Å². The van der Waals surface area contributed by atoms with Gasteiger partial charge in [0.2, 0.25) is 0 Å². The second-order valence-electron chi connectivity index (χ2n) is 4.73. The van der Waals surface area contributed by atoms with Gasteiger partial charge in [0.05, 0.1) is 25.4 Å². The molecule has 0 bridgehead atoms. The number of nitrogens with zero attached hydrogens (tertiary/aromatic N) is 1. The third-order valence-corrected chi connectivity index (χ3v) is 3.56. The highest BCUT2D eigenvalue weighted by Gasteiger charge is 2.12. The molecule has 0 atom stereocenters. The number of hydrogen-bond donors (Lipinski definition) is 2. The summed E-state index contributed by atoms with van der Waals surface area (Å²) in [5, 5.41) is 6.36. The SMILES string of the molecule is COc1ccccc1C(=O)NCC(=O)NN=Cc1ccc(Br)cc1. The second kappa shape index (κ2) is 8.83. The van der Waals surface area contributed by atoms with Crippen LogP contribution in [0.3, 0.4) is 0 Å². The van der Waals surface area contributed by atoms with Crippen LogP contribution >= 0.6 is 15.9 Å². The molecule has 0 saturated carbocycles. The number of para-hydroxylation sites is 1. The number of rotatable bonds is 6. The van der Waals surface area contributed by atoms with Crippen molar-refractivity contribution in [2.75, 3.05) is 13.7 Å².